The first-order valence-electron chi connectivity index (χ1n) is 13.7. The molecule has 0 aromatic rings. The van der Waals surface area contributed by atoms with Gasteiger partial charge in [0.05, 0.1) is 6.04 Å². The Kier molecular flexibility index (Phi) is 8.58. The summed E-state index contributed by atoms with van der Waals surface area (Å²) in [6.07, 6.45) is 0.346. The van der Waals surface area contributed by atoms with Crippen LogP contribution in [0.5, 0.6) is 0 Å². The second kappa shape index (κ2) is 11.4. The van der Waals surface area contributed by atoms with Gasteiger partial charge in [-0.15, -0.1) is 13.2 Å². The van der Waals surface area contributed by atoms with E-state index in [2.05, 4.69) is 20.7 Å². The van der Waals surface area contributed by atoms with Gasteiger partial charge in [0, 0.05) is 25.0 Å². The molecule has 5 atom stereocenters. The van der Waals surface area contributed by atoms with E-state index in [9.17, 15) is 37.1 Å². The number of amides is 4. The third-order valence-corrected chi connectivity index (χ3v) is 8.88. The number of rotatable bonds is 8. The average molecular weight is 559 g/mol. The van der Waals surface area contributed by atoms with Crippen LogP contribution in [-0.4, -0.2) is 78.5 Å². The molecule has 0 aromatic heterocycles. The van der Waals surface area contributed by atoms with Gasteiger partial charge < -0.3 is 20.9 Å². The number of piperidine rings is 2. The summed E-state index contributed by atoms with van der Waals surface area (Å²) in [4.78, 5) is 65.8. The van der Waals surface area contributed by atoms with Crippen LogP contribution in [0, 0.1) is 23.2 Å². The zero-order chi connectivity index (χ0) is 28.5. The second-order valence-electron chi connectivity index (χ2n) is 11.8. The van der Waals surface area contributed by atoms with Crippen molar-refractivity contribution in [1.82, 2.24) is 20.9 Å². The lowest BCUT2D eigenvalue weighted by Gasteiger charge is -2.32. The lowest BCUT2D eigenvalue weighted by molar-refractivity contribution is -0.321. The molecule has 2 saturated heterocycles. The minimum Gasteiger partial charge on any atom is -0.356 e. The van der Waals surface area contributed by atoms with Gasteiger partial charge in [-0.2, -0.15) is 0 Å². The molecule has 4 fully saturated rings. The Balaban J connectivity index is 1.48. The van der Waals surface area contributed by atoms with Crippen molar-refractivity contribution in [3.05, 3.63) is 0 Å². The normalized spacial score (nSPS) is 29.2. The highest BCUT2D eigenvalue weighted by Crippen LogP contribution is 2.64. The predicted molar refractivity (Wildman–Crippen MR) is 131 cm³/mol. The summed E-state index contributed by atoms with van der Waals surface area (Å²) in [5.41, 5.74) is -0.291. The third-order valence-electron chi connectivity index (χ3n) is 8.88. The number of halogens is 3. The average Bonchev–Trinajstić information content (AvgIpc) is 3.20. The van der Waals surface area contributed by atoms with Crippen molar-refractivity contribution in [1.29, 1.82) is 0 Å². The molecule has 3 N–H and O–H groups in total. The fraction of sp³-hybridized carbons (Fsp3) is 0.808. The summed E-state index contributed by atoms with van der Waals surface area (Å²) in [6.45, 7) is 3.21. The number of fused-ring (bicyclic) bond motifs is 1. The van der Waals surface area contributed by atoms with Crippen molar-refractivity contribution in [2.75, 3.05) is 19.7 Å². The van der Waals surface area contributed by atoms with E-state index in [-0.39, 0.29) is 42.2 Å². The number of ether oxygens (including phenoxy) is 1. The molecule has 4 aliphatic rings. The van der Waals surface area contributed by atoms with Crippen LogP contribution in [0.2, 0.25) is 0 Å². The molecule has 0 bridgehead atoms. The number of hydrogen-bond donors (Lipinski definition) is 3. The molecule has 39 heavy (non-hydrogen) atoms. The molecule has 1 unspecified atom stereocenters. The Bertz CT molecular complexity index is 997. The highest BCUT2D eigenvalue weighted by Gasteiger charge is 2.69. The topological polar surface area (TPSA) is 134 Å². The van der Waals surface area contributed by atoms with Gasteiger partial charge in [-0.25, -0.2) is 0 Å². The van der Waals surface area contributed by atoms with E-state index < -0.39 is 54.5 Å². The lowest BCUT2D eigenvalue weighted by atomic mass is 9.89. The molecular weight excluding hydrogens is 521 g/mol. The molecule has 2 aliphatic carbocycles. The van der Waals surface area contributed by atoms with Crippen molar-refractivity contribution in [3.8, 4) is 0 Å². The van der Waals surface area contributed by atoms with E-state index in [1.165, 1.54) is 4.90 Å². The molecule has 0 spiro atoms. The zero-order valence-corrected chi connectivity index (χ0v) is 22.3. The first-order chi connectivity index (χ1) is 18.3. The molecule has 2 aliphatic heterocycles. The van der Waals surface area contributed by atoms with Gasteiger partial charge in [-0.05, 0) is 49.4 Å². The third kappa shape index (κ3) is 6.72. The smallest absolute Gasteiger partial charge is 0.356 e. The van der Waals surface area contributed by atoms with Crippen LogP contribution in [0.3, 0.4) is 0 Å². The predicted octanol–water partition coefficient (Wildman–Crippen LogP) is 1.42. The quantitative estimate of drug-likeness (QED) is 0.386. The first kappa shape index (κ1) is 29.3. The number of alkyl halides is 3. The Morgan fingerprint density at radius 3 is 2.44 bits per heavy atom. The number of nitrogens with one attached hydrogen (secondary N) is 3. The van der Waals surface area contributed by atoms with Crippen LogP contribution in [0.1, 0.15) is 65.2 Å². The highest BCUT2D eigenvalue weighted by molar-refractivity contribution is 6.35. The van der Waals surface area contributed by atoms with Crippen molar-refractivity contribution in [3.63, 3.8) is 0 Å². The molecule has 10 nitrogen and oxygen atoms in total. The number of carbonyl (C=O) groups is 5. The number of hydrogen-bond acceptors (Lipinski definition) is 6. The summed E-state index contributed by atoms with van der Waals surface area (Å²) in [6, 6.07) is -2.59. The van der Waals surface area contributed by atoms with Crippen LogP contribution in [-0.2, 0) is 28.7 Å². The van der Waals surface area contributed by atoms with Gasteiger partial charge >= 0.3 is 18.2 Å². The lowest BCUT2D eigenvalue weighted by Crippen LogP contribution is -2.57. The zero-order valence-electron chi connectivity index (χ0n) is 22.3. The van der Waals surface area contributed by atoms with Crippen LogP contribution in [0.4, 0.5) is 13.2 Å². The molecule has 2 heterocycles. The molecule has 4 amide bonds. The summed E-state index contributed by atoms with van der Waals surface area (Å²) < 4.78 is 41.6. The Hall–Kier alpha value is -2.70. The molecule has 0 radical (unpaired) electrons. The number of ketones is 1. The van der Waals surface area contributed by atoms with Crippen molar-refractivity contribution in [2.45, 2.75) is 89.7 Å². The molecule has 2 saturated carbocycles. The number of carbonyl (C=O) groups excluding carboxylic acids is 5. The number of likely N-dealkylation sites (tertiary alicyclic amines) is 1. The van der Waals surface area contributed by atoms with Crippen molar-refractivity contribution < 1.29 is 41.9 Å². The van der Waals surface area contributed by atoms with Crippen LogP contribution < -0.4 is 16.0 Å². The van der Waals surface area contributed by atoms with Gasteiger partial charge in [0.2, 0.25) is 11.8 Å². The van der Waals surface area contributed by atoms with Gasteiger partial charge in [0.1, 0.15) is 12.6 Å². The Labute approximate surface area is 225 Å². The van der Waals surface area contributed by atoms with E-state index in [0.29, 0.717) is 19.4 Å². The summed E-state index contributed by atoms with van der Waals surface area (Å²) in [5, 5.41) is 7.95. The van der Waals surface area contributed by atoms with Crippen LogP contribution in [0.15, 0.2) is 0 Å². The van der Waals surface area contributed by atoms with Crippen LogP contribution >= 0.6 is 0 Å². The molecule has 0 aromatic carbocycles. The molecule has 13 heteroatoms. The minimum absolute atomic E-state index is 0.0356. The number of Topliss-reactive ketones (excluding diaryl/α,β-unsaturated/α-hetero) is 1. The summed E-state index contributed by atoms with van der Waals surface area (Å²) in [5.74, 6) is -4.71. The van der Waals surface area contributed by atoms with Gasteiger partial charge in [0.25, 0.3) is 0 Å². The maximum atomic E-state index is 13.6. The highest BCUT2D eigenvalue weighted by atomic mass is 19.4. The van der Waals surface area contributed by atoms with Crippen LogP contribution in [0.25, 0.3) is 0 Å². The molecular formula is C26H37F3N4O6. The van der Waals surface area contributed by atoms with E-state index in [0.717, 1.165) is 32.1 Å². The minimum atomic E-state index is -5.04. The monoisotopic (exact) mass is 558 g/mol. The summed E-state index contributed by atoms with van der Waals surface area (Å²) >= 11 is 0. The van der Waals surface area contributed by atoms with Gasteiger partial charge in [0.15, 0.2) is 5.78 Å². The standard InChI is InChI=1S/C26H37F3N4O6/c1-25(2)16-12-33(24(38)23(37)31-15-8-4-3-5-9-15)20(19(16)25)22(36)32-17(18(34)13-39-26(27,28)29)11-14-7-6-10-30-21(14)35/h14-17,19-20H,3-13H2,1-2H3,(H,30,35)(H,31,37)(H,32,36)/t14-,16-,17?,19-,20-/m0/s1. The summed E-state index contributed by atoms with van der Waals surface area (Å²) in [7, 11) is 0. The SMILES string of the molecule is CC1(C)[C@@H]2[C@@H](C(=O)NC(C[C@@H]3CCCNC3=O)C(=O)COC(F)(F)F)N(C(=O)C(=O)NC3CCCCC3)C[C@@H]21. The largest absolute Gasteiger partial charge is 0.522 e. The Morgan fingerprint density at radius 2 is 1.79 bits per heavy atom. The maximum Gasteiger partial charge on any atom is 0.522 e. The Morgan fingerprint density at radius 1 is 1.10 bits per heavy atom. The first-order valence-corrected chi connectivity index (χ1v) is 13.7. The molecule has 218 valence electrons. The maximum absolute atomic E-state index is 13.6. The second-order valence-corrected chi connectivity index (χ2v) is 11.8. The van der Waals surface area contributed by atoms with Gasteiger partial charge in [-0.1, -0.05) is 33.1 Å². The van der Waals surface area contributed by atoms with Gasteiger partial charge in [-0.3, -0.25) is 28.7 Å². The van der Waals surface area contributed by atoms with E-state index in [1.807, 2.05) is 13.8 Å². The van der Waals surface area contributed by atoms with E-state index >= 15 is 0 Å². The van der Waals surface area contributed by atoms with E-state index in [4.69, 9.17) is 0 Å². The van der Waals surface area contributed by atoms with E-state index in [1.54, 1.807) is 0 Å². The fourth-order valence-electron chi connectivity index (χ4n) is 6.55. The van der Waals surface area contributed by atoms with Crippen molar-refractivity contribution >= 4 is 29.4 Å². The fourth-order valence-corrected chi connectivity index (χ4v) is 6.55. The number of nitrogens with zero attached hydrogens (tertiary/aromatic N) is 1. The molecule has 4 rings (SSSR count). The van der Waals surface area contributed by atoms with Crippen molar-refractivity contribution in [2.24, 2.45) is 23.2 Å².